The summed E-state index contributed by atoms with van der Waals surface area (Å²) in [4.78, 5) is 26.9. The van der Waals surface area contributed by atoms with Crippen LogP contribution in [-0.4, -0.2) is 30.1 Å². The molecule has 0 saturated carbocycles. The third-order valence-electron chi connectivity index (χ3n) is 5.13. The normalized spacial score (nSPS) is 14.4. The maximum absolute atomic E-state index is 12.6. The smallest absolute Gasteiger partial charge is 0.289 e. The minimum absolute atomic E-state index is 0.129. The number of benzene rings is 2. The van der Waals surface area contributed by atoms with E-state index in [0.717, 1.165) is 12.0 Å². The minimum atomic E-state index is -0.234. The van der Waals surface area contributed by atoms with Gasteiger partial charge in [-0.3, -0.25) is 9.59 Å². The Morgan fingerprint density at radius 2 is 1.86 bits per heavy atom. The zero-order chi connectivity index (χ0) is 19.8. The second-order valence-corrected chi connectivity index (χ2v) is 6.96. The number of anilines is 1. The Labute approximate surface area is 166 Å². The second-order valence-electron chi connectivity index (χ2n) is 6.96. The molecule has 146 valence electrons. The Balaban J connectivity index is 1.32. The molecule has 2 amide bonds. The van der Waals surface area contributed by atoms with Crippen LogP contribution in [-0.2, 0) is 13.0 Å². The first-order chi connectivity index (χ1) is 14.2. The molecule has 0 aliphatic carbocycles. The van der Waals surface area contributed by atoms with E-state index >= 15 is 0 Å². The maximum atomic E-state index is 12.6. The molecule has 0 fully saturated rings. The van der Waals surface area contributed by atoms with Crippen LogP contribution < -0.4 is 14.8 Å². The lowest BCUT2D eigenvalue weighted by Crippen LogP contribution is -2.35. The van der Waals surface area contributed by atoms with Crippen molar-refractivity contribution in [1.29, 1.82) is 0 Å². The highest BCUT2D eigenvalue weighted by atomic mass is 16.7. The number of carbonyl (C=O) groups excluding carboxylic acids is 2. The van der Waals surface area contributed by atoms with Crippen LogP contribution in [0.4, 0.5) is 5.69 Å². The molecule has 0 atom stereocenters. The van der Waals surface area contributed by atoms with Crippen LogP contribution in [0.5, 0.6) is 11.5 Å². The summed E-state index contributed by atoms with van der Waals surface area (Å²) in [5.41, 5.74) is 3.36. The average molecular weight is 390 g/mol. The summed E-state index contributed by atoms with van der Waals surface area (Å²) in [5.74, 6) is 1.17. The number of nitrogens with one attached hydrogen (secondary N) is 1. The molecule has 0 radical (unpaired) electrons. The first kappa shape index (κ1) is 17.4. The number of nitrogens with zero attached hydrogens (tertiary/aromatic N) is 1. The van der Waals surface area contributed by atoms with Gasteiger partial charge in [-0.1, -0.05) is 6.07 Å². The van der Waals surface area contributed by atoms with Gasteiger partial charge in [-0.05, 0) is 60.0 Å². The van der Waals surface area contributed by atoms with Crippen LogP contribution in [0.15, 0.2) is 59.2 Å². The van der Waals surface area contributed by atoms with Crippen molar-refractivity contribution < 1.29 is 23.5 Å². The average Bonchev–Trinajstić information content (AvgIpc) is 3.44. The maximum Gasteiger partial charge on any atom is 0.289 e. The summed E-state index contributed by atoms with van der Waals surface area (Å²) >= 11 is 0. The largest absolute Gasteiger partial charge is 0.459 e. The van der Waals surface area contributed by atoms with E-state index < -0.39 is 0 Å². The molecule has 29 heavy (non-hydrogen) atoms. The van der Waals surface area contributed by atoms with E-state index in [1.807, 2.05) is 18.2 Å². The number of fused-ring (bicyclic) bond motifs is 2. The minimum Gasteiger partial charge on any atom is -0.459 e. The van der Waals surface area contributed by atoms with E-state index in [-0.39, 0.29) is 18.6 Å². The third-order valence-corrected chi connectivity index (χ3v) is 5.13. The molecule has 3 heterocycles. The molecule has 7 nitrogen and oxygen atoms in total. The Morgan fingerprint density at radius 1 is 0.966 bits per heavy atom. The van der Waals surface area contributed by atoms with Crippen LogP contribution in [0.2, 0.25) is 0 Å². The number of carbonyl (C=O) groups is 2. The Morgan fingerprint density at radius 3 is 2.72 bits per heavy atom. The summed E-state index contributed by atoms with van der Waals surface area (Å²) in [6, 6.07) is 14.3. The molecular weight excluding hydrogens is 372 g/mol. The van der Waals surface area contributed by atoms with Gasteiger partial charge in [0.25, 0.3) is 11.8 Å². The molecule has 5 rings (SSSR count). The van der Waals surface area contributed by atoms with Crippen molar-refractivity contribution in [1.82, 2.24) is 4.90 Å². The first-order valence-corrected chi connectivity index (χ1v) is 9.33. The van der Waals surface area contributed by atoms with Crippen molar-refractivity contribution in [2.45, 2.75) is 13.0 Å². The van der Waals surface area contributed by atoms with Gasteiger partial charge in [-0.25, -0.2) is 0 Å². The van der Waals surface area contributed by atoms with Gasteiger partial charge in [0.1, 0.15) is 0 Å². The number of hydrogen-bond donors (Lipinski definition) is 1. The standard InChI is InChI=1S/C22H18N2O5/c25-21(15-4-6-18-20(11-15)29-13-28-18)23-17-5-3-14-7-8-24(12-16(14)10-17)22(26)19-2-1-9-27-19/h1-6,9-11H,7-8,12-13H2,(H,23,25). The molecule has 0 saturated heterocycles. The van der Waals surface area contributed by atoms with E-state index in [4.69, 9.17) is 13.9 Å². The quantitative estimate of drug-likeness (QED) is 0.741. The van der Waals surface area contributed by atoms with Crippen molar-refractivity contribution in [3.05, 3.63) is 77.2 Å². The van der Waals surface area contributed by atoms with Crippen LogP contribution in [0.3, 0.4) is 0 Å². The zero-order valence-corrected chi connectivity index (χ0v) is 15.5. The predicted molar refractivity (Wildman–Crippen MR) is 104 cm³/mol. The summed E-state index contributed by atoms with van der Waals surface area (Å²) in [7, 11) is 0. The molecule has 7 heteroatoms. The fraction of sp³-hybridized carbons (Fsp3) is 0.182. The van der Waals surface area contributed by atoms with Crippen LogP contribution in [0.1, 0.15) is 32.0 Å². The van der Waals surface area contributed by atoms with Gasteiger partial charge in [0, 0.05) is 24.3 Å². The van der Waals surface area contributed by atoms with E-state index in [2.05, 4.69) is 5.32 Å². The topological polar surface area (TPSA) is 81.0 Å². The second kappa shape index (κ2) is 7.01. The van der Waals surface area contributed by atoms with Crippen molar-refractivity contribution >= 4 is 17.5 Å². The lowest BCUT2D eigenvalue weighted by atomic mass is 9.98. The molecular formula is C22H18N2O5. The summed E-state index contributed by atoms with van der Waals surface area (Å²) in [5, 5.41) is 2.91. The van der Waals surface area contributed by atoms with E-state index in [1.54, 1.807) is 35.2 Å². The number of ether oxygens (including phenoxy) is 2. The van der Waals surface area contributed by atoms with E-state index in [1.165, 1.54) is 11.8 Å². The molecule has 0 bridgehead atoms. The SMILES string of the molecule is O=C(Nc1ccc2c(c1)CN(C(=O)c1ccco1)CC2)c1ccc2c(c1)OCO2. The fourth-order valence-corrected chi connectivity index (χ4v) is 3.61. The molecule has 1 aromatic heterocycles. The number of hydrogen-bond acceptors (Lipinski definition) is 5. The predicted octanol–water partition coefficient (Wildman–Crippen LogP) is 3.46. The summed E-state index contributed by atoms with van der Waals surface area (Å²) in [6.45, 7) is 1.27. The number of rotatable bonds is 3. The zero-order valence-electron chi connectivity index (χ0n) is 15.5. The molecule has 2 aliphatic heterocycles. The van der Waals surface area contributed by atoms with Crippen LogP contribution >= 0.6 is 0 Å². The molecule has 1 N–H and O–H groups in total. The fourth-order valence-electron chi connectivity index (χ4n) is 3.61. The van der Waals surface area contributed by atoms with E-state index in [0.29, 0.717) is 41.6 Å². The molecule has 0 unspecified atom stereocenters. The van der Waals surface area contributed by atoms with Gasteiger partial charge >= 0.3 is 0 Å². The Kier molecular flexibility index (Phi) is 4.20. The van der Waals surface area contributed by atoms with Gasteiger partial charge in [0.05, 0.1) is 6.26 Å². The monoisotopic (exact) mass is 390 g/mol. The first-order valence-electron chi connectivity index (χ1n) is 9.33. The molecule has 2 aliphatic rings. The highest BCUT2D eigenvalue weighted by molar-refractivity contribution is 6.04. The van der Waals surface area contributed by atoms with Gasteiger partial charge in [0.2, 0.25) is 6.79 Å². The van der Waals surface area contributed by atoms with Crippen molar-refractivity contribution in [2.24, 2.45) is 0 Å². The highest BCUT2D eigenvalue weighted by Crippen LogP contribution is 2.33. The number of furan rings is 1. The summed E-state index contributed by atoms with van der Waals surface area (Å²) in [6.07, 6.45) is 2.26. The van der Waals surface area contributed by atoms with Gasteiger partial charge in [0.15, 0.2) is 17.3 Å². The van der Waals surface area contributed by atoms with Crippen LogP contribution in [0, 0.1) is 0 Å². The highest BCUT2D eigenvalue weighted by Gasteiger charge is 2.24. The number of amides is 2. The molecule has 3 aromatic rings. The van der Waals surface area contributed by atoms with Crippen molar-refractivity contribution in [2.75, 3.05) is 18.7 Å². The van der Waals surface area contributed by atoms with Crippen molar-refractivity contribution in [3.8, 4) is 11.5 Å². The lowest BCUT2D eigenvalue weighted by Gasteiger charge is -2.28. The van der Waals surface area contributed by atoms with E-state index in [9.17, 15) is 9.59 Å². The molecule has 0 spiro atoms. The Hall–Kier alpha value is -3.74. The summed E-state index contributed by atoms with van der Waals surface area (Å²) < 4.78 is 15.8. The molecule has 2 aromatic carbocycles. The lowest BCUT2D eigenvalue weighted by molar-refractivity contribution is 0.0702. The van der Waals surface area contributed by atoms with Gasteiger partial charge < -0.3 is 24.1 Å². The van der Waals surface area contributed by atoms with Gasteiger partial charge in [-0.2, -0.15) is 0 Å². The Bertz CT molecular complexity index is 1090. The van der Waals surface area contributed by atoms with Gasteiger partial charge in [-0.15, -0.1) is 0 Å². The third kappa shape index (κ3) is 3.31. The van der Waals surface area contributed by atoms with Crippen LogP contribution in [0.25, 0.3) is 0 Å². The van der Waals surface area contributed by atoms with Crippen molar-refractivity contribution in [3.63, 3.8) is 0 Å².